The molecule has 0 aliphatic carbocycles. The van der Waals surface area contributed by atoms with Gasteiger partial charge in [0.05, 0.1) is 16.3 Å². The first-order valence-electron chi connectivity index (χ1n) is 6.09. The van der Waals surface area contributed by atoms with Crippen LogP contribution >= 0.6 is 11.8 Å². The van der Waals surface area contributed by atoms with E-state index in [0.717, 1.165) is 22.3 Å². The molecule has 0 spiro atoms. The van der Waals surface area contributed by atoms with E-state index in [0.29, 0.717) is 0 Å². The van der Waals surface area contributed by atoms with Crippen molar-refractivity contribution in [2.45, 2.75) is 18.9 Å². The lowest BCUT2D eigenvalue weighted by molar-refractivity contribution is 0.102. The maximum Gasteiger partial charge on any atom is 0.176 e. The zero-order chi connectivity index (χ0) is 14.7. The van der Waals surface area contributed by atoms with Crippen molar-refractivity contribution >= 4 is 17.5 Å². The molecule has 1 heterocycles. The van der Waals surface area contributed by atoms with Gasteiger partial charge in [0.1, 0.15) is 11.5 Å². The van der Waals surface area contributed by atoms with Crippen LogP contribution in [0.4, 0.5) is 0 Å². The molecule has 2 N–H and O–H groups in total. The van der Waals surface area contributed by atoms with E-state index >= 15 is 0 Å². The number of ketones is 1. The van der Waals surface area contributed by atoms with Gasteiger partial charge in [-0.15, -0.1) is 0 Å². The van der Waals surface area contributed by atoms with Crippen LogP contribution in [-0.4, -0.2) is 26.7 Å². The zero-order valence-corrected chi connectivity index (χ0v) is 12.1. The number of benzene rings is 1. The molecule has 0 aliphatic rings. The van der Waals surface area contributed by atoms with Crippen molar-refractivity contribution in [3.8, 4) is 11.5 Å². The molecule has 5 heteroatoms. The first kappa shape index (κ1) is 14.4. The molecular weight excluding hydrogens is 274 g/mol. The van der Waals surface area contributed by atoms with Gasteiger partial charge >= 0.3 is 0 Å². The maximum atomic E-state index is 12.0. The highest BCUT2D eigenvalue weighted by Gasteiger charge is 2.12. The van der Waals surface area contributed by atoms with Gasteiger partial charge in [-0.05, 0) is 43.7 Å². The number of thioether (sulfide) groups is 1. The van der Waals surface area contributed by atoms with Crippen LogP contribution in [0.3, 0.4) is 0 Å². The van der Waals surface area contributed by atoms with Crippen LogP contribution in [0.25, 0.3) is 0 Å². The minimum absolute atomic E-state index is 0.0670. The lowest BCUT2D eigenvalue weighted by Crippen LogP contribution is -2.03. The fourth-order valence-electron chi connectivity index (χ4n) is 1.85. The summed E-state index contributed by atoms with van der Waals surface area (Å²) >= 11 is 1.33. The fraction of sp³-hybridized carbons (Fsp3) is 0.200. The third kappa shape index (κ3) is 3.51. The molecule has 0 unspecified atom stereocenters. The number of carbonyl (C=O) groups excluding carboxylic acids is 1. The minimum atomic E-state index is -0.205. The summed E-state index contributed by atoms with van der Waals surface area (Å²) in [6, 6.07) is 7.85. The number of carbonyl (C=O) groups is 1. The molecule has 0 radical (unpaired) electrons. The Kier molecular flexibility index (Phi) is 4.29. The van der Waals surface area contributed by atoms with Crippen LogP contribution in [0.5, 0.6) is 11.5 Å². The molecule has 0 atom stereocenters. The number of aryl methyl sites for hydroxylation is 2. The lowest BCUT2D eigenvalue weighted by atomic mass is 10.1. The summed E-state index contributed by atoms with van der Waals surface area (Å²) in [5.74, 6) is -0.283. The second-order valence-electron chi connectivity index (χ2n) is 4.54. The summed E-state index contributed by atoms with van der Waals surface area (Å²) in [5, 5.41) is 19.6. The van der Waals surface area contributed by atoms with Crippen LogP contribution in [0.2, 0.25) is 0 Å². The normalized spacial score (nSPS) is 10.5. The molecule has 2 rings (SSSR count). The van der Waals surface area contributed by atoms with Gasteiger partial charge in [0.2, 0.25) is 0 Å². The van der Waals surface area contributed by atoms with Gasteiger partial charge in [-0.3, -0.25) is 4.79 Å². The monoisotopic (exact) mass is 289 g/mol. The smallest absolute Gasteiger partial charge is 0.176 e. The Labute approximate surface area is 121 Å². The van der Waals surface area contributed by atoms with Crippen molar-refractivity contribution in [1.29, 1.82) is 0 Å². The summed E-state index contributed by atoms with van der Waals surface area (Å²) < 4.78 is 0. The van der Waals surface area contributed by atoms with Gasteiger partial charge in [-0.25, -0.2) is 4.98 Å². The van der Waals surface area contributed by atoms with Crippen molar-refractivity contribution < 1.29 is 15.0 Å². The molecule has 1 aromatic heterocycles. The Morgan fingerprint density at radius 3 is 2.60 bits per heavy atom. The first-order chi connectivity index (χ1) is 9.45. The van der Waals surface area contributed by atoms with Crippen molar-refractivity contribution in [2.75, 3.05) is 5.75 Å². The second kappa shape index (κ2) is 5.96. The number of nitrogens with zero attached hydrogens (tertiary/aromatic N) is 1. The third-order valence-corrected chi connectivity index (χ3v) is 3.62. The molecule has 0 saturated carbocycles. The van der Waals surface area contributed by atoms with E-state index in [1.165, 1.54) is 23.9 Å². The molecule has 0 bridgehead atoms. The van der Waals surface area contributed by atoms with Gasteiger partial charge in [0.15, 0.2) is 5.78 Å². The molecule has 2 aromatic rings. The highest BCUT2D eigenvalue weighted by molar-refractivity contribution is 7.99. The van der Waals surface area contributed by atoms with E-state index in [1.54, 1.807) is 0 Å². The number of pyridine rings is 1. The number of aromatic hydroxyl groups is 2. The van der Waals surface area contributed by atoms with E-state index in [-0.39, 0.29) is 28.6 Å². The van der Waals surface area contributed by atoms with Crippen molar-refractivity contribution in [3.05, 3.63) is 47.2 Å². The SMILES string of the molecule is Cc1cc(C)nc(SCC(=O)c2ccc(O)cc2O)c1. The summed E-state index contributed by atoms with van der Waals surface area (Å²) in [6.07, 6.45) is 0. The van der Waals surface area contributed by atoms with E-state index in [2.05, 4.69) is 4.98 Å². The van der Waals surface area contributed by atoms with Crippen molar-refractivity contribution in [2.24, 2.45) is 0 Å². The summed E-state index contributed by atoms with van der Waals surface area (Å²) in [6.45, 7) is 3.89. The van der Waals surface area contributed by atoms with E-state index in [9.17, 15) is 15.0 Å². The highest BCUT2D eigenvalue weighted by atomic mass is 32.2. The molecule has 104 valence electrons. The number of hydrogen-bond acceptors (Lipinski definition) is 5. The molecule has 1 aromatic carbocycles. The molecule has 20 heavy (non-hydrogen) atoms. The number of hydrogen-bond donors (Lipinski definition) is 2. The second-order valence-corrected chi connectivity index (χ2v) is 5.53. The number of phenolic OH excluding ortho intramolecular Hbond substituents is 2. The number of phenols is 2. The Balaban J connectivity index is 2.08. The van der Waals surface area contributed by atoms with Crippen molar-refractivity contribution in [1.82, 2.24) is 4.98 Å². The van der Waals surface area contributed by atoms with Crippen LogP contribution in [0, 0.1) is 13.8 Å². The van der Waals surface area contributed by atoms with Gasteiger partial charge in [0, 0.05) is 11.8 Å². The minimum Gasteiger partial charge on any atom is -0.508 e. The lowest BCUT2D eigenvalue weighted by Gasteiger charge is -2.05. The molecular formula is C15H15NO3S. The van der Waals surface area contributed by atoms with Gasteiger partial charge in [0.25, 0.3) is 0 Å². The van der Waals surface area contributed by atoms with Crippen LogP contribution in [0.1, 0.15) is 21.6 Å². The largest absolute Gasteiger partial charge is 0.508 e. The predicted octanol–water partition coefficient (Wildman–Crippen LogP) is 3.08. The molecule has 4 nitrogen and oxygen atoms in total. The van der Waals surface area contributed by atoms with Gasteiger partial charge in [-0.1, -0.05) is 11.8 Å². The fourth-order valence-corrected chi connectivity index (χ4v) is 2.76. The third-order valence-electron chi connectivity index (χ3n) is 2.71. The standard InChI is InChI=1S/C15H15NO3S/c1-9-5-10(2)16-15(6-9)20-8-14(19)12-4-3-11(17)7-13(12)18/h3-7,17-18H,8H2,1-2H3. The summed E-state index contributed by atoms with van der Waals surface area (Å²) in [7, 11) is 0. The van der Waals surface area contributed by atoms with Crippen LogP contribution in [0.15, 0.2) is 35.4 Å². The Morgan fingerprint density at radius 2 is 1.95 bits per heavy atom. The average molecular weight is 289 g/mol. The Bertz CT molecular complexity index is 635. The molecule has 0 amide bonds. The summed E-state index contributed by atoms with van der Waals surface area (Å²) in [4.78, 5) is 16.4. The topological polar surface area (TPSA) is 70.4 Å². The van der Waals surface area contributed by atoms with Gasteiger partial charge in [-0.2, -0.15) is 0 Å². The average Bonchev–Trinajstić information content (AvgIpc) is 2.35. The Hall–Kier alpha value is -2.01. The van der Waals surface area contributed by atoms with E-state index < -0.39 is 0 Å². The summed E-state index contributed by atoms with van der Waals surface area (Å²) in [5.41, 5.74) is 2.21. The maximum absolute atomic E-state index is 12.0. The predicted molar refractivity (Wildman–Crippen MR) is 78.5 cm³/mol. The number of aromatic nitrogens is 1. The zero-order valence-electron chi connectivity index (χ0n) is 11.3. The quantitative estimate of drug-likeness (QED) is 0.668. The molecule has 0 fully saturated rings. The first-order valence-corrected chi connectivity index (χ1v) is 7.07. The van der Waals surface area contributed by atoms with Crippen LogP contribution < -0.4 is 0 Å². The van der Waals surface area contributed by atoms with Gasteiger partial charge < -0.3 is 10.2 Å². The van der Waals surface area contributed by atoms with Crippen LogP contribution in [-0.2, 0) is 0 Å². The van der Waals surface area contributed by atoms with E-state index in [4.69, 9.17) is 0 Å². The molecule has 0 aliphatic heterocycles. The highest BCUT2D eigenvalue weighted by Crippen LogP contribution is 2.25. The van der Waals surface area contributed by atoms with E-state index in [1.807, 2.05) is 26.0 Å². The Morgan fingerprint density at radius 1 is 1.20 bits per heavy atom. The number of rotatable bonds is 4. The number of Topliss-reactive ketones (excluding diaryl/α,β-unsaturated/α-hetero) is 1. The molecule has 0 saturated heterocycles. The van der Waals surface area contributed by atoms with Crippen molar-refractivity contribution in [3.63, 3.8) is 0 Å².